The van der Waals surface area contributed by atoms with Gasteiger partial charge in [0.05, 0.1) is 6.10 Å². The molecule has 1 aromatic rings. The summed E-state index contributed by atoms with van der Waals surface area (Å²) in [7, 11) is 0. The predicted octanol–water partition coefficient (Wildman–Crippen LogP) is 5.00. The first-order chi connectivity index (χ1) is 7.74. The lowest BCUT2D eigenvalue weighted by Gasteiger charge is -2.13. The van der Waals surface area contributed by atoms with Crippen LogP contribution in [0.2, 0.25) is 0 Å². The molecule has 0 radical (unpaired) electrons. The van der Waals surface area contributed by atoms with Crippen molar-refractivity contribution in [2.75, 3.05) is 0 Å². The van der Waals surface area contributed by atoms with E-state index in [-0.39, 0.29) is 0 Å². The Morgan fingerprint density at radius 1 is 1.19 bits per heavy atom. The van der Waals surface area contributed by atoms with Gasteiger partial charge in [0, 0.05) is 0 Å². The average Bonchev–Trinajstić information content (AvgIpc) is 2.37. The van der Waals surface area contributed by atoms with Crippen LogP contribution in [0.25, 0.3) is 0 Å². The van der Waals surface area contributed by atoms with Crippen LogP contribution in [0.3, 0.4) is 0 Å². The molecule has 92 valence electrons. The molecule has 0 saturated heterocycles. The van der Waals surface area contributed by atoms with E-state index in [0.717, 1.165) is 12.2 Å². The van der Waals surface area contributed by atoms with Crippen molar-refractivity contribution in [1.82, 2.24) is 0 Å². The number of aryl methyl sites for hydroxylation is 1. The Morgan fingerprint density at radius 3 is 2.12 bits per heavy atom. The molecule has 0 heterocycles. The molecule has 1 heteroatoms. The summed E-state index contributed by atoms with van der Waals surface area (Å²) in [5, 5.41) is 0. The molecular weight excluding hydrogens is 196 g/mol. The van der Waals surface area contributed by atoms with Gasteiger partial charge in [-0.2, -0.15) is 0 Å². The number of hydrogen-bond donors (Lipinski definition) is 0. The molecule has 0 saturated carbocycles. The van der Waals surface area contributed by atoms with Crippen molar-refractivity contribution < 1.29 is 4.74 Å². The first-order valence-corrected chi connectivity index (χ1v) is 5.96. The van der Waals surface area contributed by atoms with Crippen LogP contribution in [-0.2, 0) is 0 Å². The molecule has 1 aromatic carbocycles. The van der Waals surface area contributed by atoms with Gasteiger partial charge in [0.15, 0.2) is 0 Å². The van der Waals surface area contributed by atoms with Crippen LogP contribution in [0.4, 0.5) is 0 Å². The Balaban J connectivity index is 0. The van der Waals surface area contributed by atoms with Crippen molar-refractivity contribution in [2.45, 2.75) is 47.1 Å². The van der Waals surface area contributed by atoms with Gasteiger partial charge in [-0.1, -0.05) is 39.0 Å². The molecule has 1 rings (SSSR count). The van der Waals surface area contributed by atoms with E-state index in [9.17, 15) is 0 Å². The summed E-state index contributed by atoms with van der Waals surface area (Å²) in [6.07, 6.45) is 1.36. The summed E-state index contributed by atoms with van der Waals surface area (Å²) >= 11 is 0. The first-order valence-electron chi connectivity index (χ1n) is 5.96. The molecule has 0 aliphatic heterocycles. The van der Waals surface area contributed by atoms with E-state index < -0.39 is 0 Å². The minimum Gasteiger partial charge on any atom is -0.490 e. The molecule has 0 aliphatic rings. The zero-order valence-electron chi connectivity index (χ0n) is 11.4. The SMILES string of the molecule is C=C.CC.CCC(C)Oc1ccccc1C. The third kappa shape index (κ3) is 7.10. The third-order valence-corrected chi connectivity index (χ3v) is 2.00. The maximum Gasteiger partial charge on any atom is 0.122 e. The highest BCUT2D eigenvalue weighted by atomic mass is 16.5. The van der Waals surface area contributed by atoms with E-state index in [1.165, 1.54) is 5.56 Å². The van der Waals surface area contributed by atoms with Crippen molar-refractivity contribution in [2.24, 2.45) is 0 Å². The normalized spacial score (nSPS) is 10.1. The van der Waals surface area contributed by atoms with Gasteiger partial charge < -0.3 is 4.74 Å². The van der Waals surface area contributed by atoms with Gasteiger partial charge in [-0.15, -0.1) is 13.2 Å². The topological polar surface area (TPSA) is 9.23 Å². The van der Waals surface area contributed by atoms with Gasteiger partial charge in [0.2, 0.25) is 0 Å². The Bertz CT molecular complexity index is 255. The molecule has 0 amide bonds. The zero-order chi connectivity index (χ0) is 13.0. The van der Waals surface area contributed by atoms with Crippen molar-refractivity contribution in [3.05, 3.63) is 43.0 Å². The summed E-state index contributed by atoms with van der Waals surface area (Å²) in [6, 6.07) is 8.11. The summed E-state index contributed by atoms with van der Waals surface area (Å²) < 4.78 is 5.69. The molecule has 0 N–H and O–H groups in total. The molecule has 1 unspecified atom stereocenters. The molecule has 0 bridgehead atoms. The first kappa shape index (κ1) is 17.2. The van der Waals surface area contributed by atoms with E-state index in [2.05, 4.69) is 40.0 Å². The zero-order valence-corrected chi connectivity index (χ0v) is 11.4. The van der Waals surface area contributed by atoms with Gasteiger partial charge in [-0.05, 0) is 31.9 Å². The van der Waals surface area contributed by atoms with Crippen molar-refractivity contribution in [3.8, 4) is 5.75 Å². The smallest absolute Gasteiger partial charge is 0.122 e. The summed E-state index contributed by atoms with van der Waals surface area (Å²) in [5.41, 5.74) is 1.21. The Labute approximate surface area is 101 Å². The maximum atomic E-state index is 5.69. The van der Waals surface area contributed by atoms with E-state index in [1.54, 1.807) is 0 Å². The molecule has 16 heavy (non-hydrogen) atoms. The number of benzene rings is 1. The molecule has 1 atom stereocenters. The Hall–Kier alpha value is -1.24. The highest BCUT2D eigenvalue weighted by Gasteiger charge is 2.01. The summed E-state index contributed by atoms with van der Waals surface area (Å²) in [5.74, 6) is 1.01. The molecule has 0 spiro atoms. The Morgan fingerprint density at radius 2 is 1.69 bits per heavy atom. The van der Waals surface area contributed by atoms with E-state index >= 15 is 0 Å². The average molecular weight is 222 g/mol. The van der Waals surface area contributed by atoms with E-state index in [1.807, 2.05) is 32.0 Å². The monoisotopic (exact) mass is 222 g/mol. The van der Waals surface area contributed by atoms with Crippen LogP contribution < -0.4 is 4.74 Å². The van der Waals surface area contributed by atoms with E-state index in [4.69, 9.17) is 4.74 Å². The summed E-state index contributed by atoms with van der Waals surface area (Å²) in [4.78, 5) is 0. The molecule has 0 aliphatic carbocycles. The second-order valence-electron chi connectivity index (χ2n) is 3.10. The highest BCUT2D eigenvalue weighted by Crippen LogP contribution is 2.18. The van der Waals surface area contributed by atoms with Gasteiger partial charge in [-0.25, -0.2) is 0 Å². The third-order valence-electron chi connectivity index (χ3n) is 2.00. The fourth-order valence-electron chi connectivity index (χ4n) is 0.989. The summed E-state index contributed by atoms with van der Waals surface area (Å²) in [6.45, 7) is 16.3. The molecule has 1 nitrogen and oxygen atoms in total. The van der Waals surface area contributed by atoms with Crippen LogP contribution in [0, 0.1) is 6.92 Å². The lowest BCUT2D eigenvalue weighted by molar-refractivity contribution is 0.216. The largest absolute Gasteiger partial charge is 0.490 e. The quantitative estimate of drug-likeness (QED) is 0.654. The standard InChI is InChI=1S/C11H16O.C2H6.C2H4/c1-4-10(3)12-11-8-6-5-7-9(11)2;2*1-2/h5-8,10H,4H2,1-3H3;1-2H3;1-2H2. The highest BCUT2D eigenvalue weighted by molar-refractivity contribution is 5.31. The molecule has 0 aromatic heterocycles. The second-order valence-corrected chi connectivity index (χ2v) is 3.10. The fraction of sp³-hybridized carbons (Fsp3) is 0.467. The van der Waals surface area contributed by atoms with Crippen LogP contribution in [-0.4, -0.2) is 6.10 Å². The number of para-hydroxylation sites is 1. The fourth-order valence-corrected chi connectivity index (χ4v) is 0.989. The van der Waals surface area contributed by atoms with Gasteiger partial charge >= 0.3 is 0 Å². The minimum atomic E-state index is 0.311. The van der Waals surface area contributed by atoms with Crippen LogP contribution in [0.15, 0.2) is 37.4 Å². The Kier molecular flexibility index (Phi) is 12.7. The van der Waals surface area contributed by atoms with Crippen molar-refractivity contribution in [1.29, 1.82) is 0 Å². The van der Waals surface area contributed by atoms with Crippen LogP contribution in [0.5, 0.6) is 5.75 Å². The van der Waals surface area contributed by atoms with Gasteiger partial charge in [0.25, 0.3) is 0 Å². The van der Waals surface area contributed by atoms with Crippen LogP contribution >= 0.6 is 0 Å². The van der Waals surface area contributed by atoms with E-state index in [0.29, 0.717) is 6.10 Å². The number of ether oxygens (including phenoxy) is 1. The van der Waals surface area contributed by atoms with Crippen molar-refractivity contribution >= 4 is 0 Å². The molecule has 0 fully saturated rings. The van der Waals surface area contributed by atoms with Gasteiger partial charge in [0.1, 0.15) is 5.75 Å². The number of hydrogen-bond acceptors (Lipinski definition) is 1. The number of rotatable bonds is 3. The van der Waals surface area contributed by atoms with Crippen LogP contribution in [0.1, 0.15) is 39.7 Å². The second kappa shape index (κ2) is 11.8. The van der Waals surface area contributed by atoms with Gasteiger partial charge in [-0.3, -0.25) is 0 Å². The van der Waals surface area contributed by atoms with Crippen molar-refractivity contribution in [3.63, 3.8) is 0 Å². The predicted molar refractivity (Wildman–Crippen MR) is 74.2 cm³/mol. The maximum absolute atomic E-state index is 5.69. The lowest BCUT2D eigenvalue weighted by Crippen LogP contribution is -2.10. The lowest BCUT2D eigenvalue weighted by atomic mass is 10.2. The minimum absolute atomic E-state index is 0.311. The molecular formula is C15H26O.